The van der Waals surface area contributed by atoms with Crippen LogP contribution in [-0.2, 0) is 7.05 Å². The normalized spacial score (nSPS) is 13.7. The summed E-state index contributed by atoms with van der Waals surface area (Å²) in [5.74, 6) is -0.681. The minimum atomic E-state index is -0.627. The van der Waals surface area contributed by atoms with E-state index in [1.54, 1.807) is 42.5 Å². The van der Waals surface area contributed by atoms with Crippen molar-refractivity contribution < 1.29 is 28.7 Å². The molecular formula is C40H22N4O10. The second kappa shape index (κ2) is 11.4. The number of hydrogen-bond donors (Lipinski definition) is 0. The van der Waals surface area contributed by atoms with Gasteiger partial charge < -0.3 is 9.47 Å². The molecular weight excluding hydrogens is 696 g/mol. The third-order valence-corrected chi connectivity index (χ3v) is 9.68. The summed E-state index contributed by atoms with van der Waals surface area (Å²) in [6.45, 7) is 0. The highest BCUT2D eigenvalue weighted by Gasteiger charge is 2.37. The number of carbonyl (C=O) groups is 4. The molecule has 4 heterocycles. The van der Waals surface area contributed by atoms with E-state index in [2.05, 4.69) is 0 Å². The van der Waals surface area contributed by atoms with E-state index < -0.39 is 45.9 Å². The predicted molar refractivity (Wildman–Crippen MR) is 194 cm³/mol. The van der Waals surface area contributed by atoms with Crippen LogP contribution in [-0.4, -0.2) is 44.7 Å². The molecule has 0 atom stereocenters. The van der Waals surface area contributed by atoms with Crippen LogP contribution in [0.1, 0.15) is 41.4 Å². The van der Waals surface area contributed by atoms with Crippen LogP contribution in [0, 0.1) is 0 Å². The zero-order valence-electron chi connectivity index (χ0n) is 28.1. The second-order valence-corrected chi connectivity index (χ2v) is 12.8. The number of nitrogens with zero attached hydrogens (tertiary/aromatic N) is 4. The van der Waals surface area contributed by atoms with Crippen LogP contribution in [0.4, 0.5) is 5.69 Å². The van der Waals surface area contributed by atoms with Gasteiger partial charge in [0, 0.05) is 14.1 Å². The van der Waals surface area contributed by atoms with Crippen molar-refractivity contribution in [2.75, 3.05) is 11.9 Å². The van der Waals surface area contributed by atoms with E-state index in [9.17, 15) is 38.4 Å². The van der Waals surface area contributed by atoms with Crippen molar-refractivity contribution in [2.24, 2.45) is 7.05 Å². The molecule has 7 aromatic rings. The maximum atomic E-state index is 13.5. The fraction of sp³-hybridized carbons (Fsp3) is 0.0500. The lowest BCUT2D eigenvalue weighted by Gasteiger charge is -2.14. The molecule has 5 aromatic carbocycles. The number of benzene rings is 5. The van der Waals surface area contributed by atoms with Crippen molar-refractivity contribution in [1.29, 1.82) is 0 Å². The summed E-state index contributed by atoms with van der Waals surface area (Å²) in [6, 6.07) is 23.9. The number of imide groups is 2. The van der Waals surface area contributed by atoms with Crippen molar-refractivity contribution in [2.45, 2.75) is 0 Å². The van der Waals surface area contributed by atoms with Gasteiger partial charge in [0.05, 0.1) is 55.2 Å². The average Bonchev–Trinajstić information content (AvgIpc) is 3.74. The quantitative estimate of drug-likeness (QED) is 0.229. The molecule has 0 saturated heterocycles. The highest BCUT2D eigenvalue weighted by Crippen LogP contribution is 2.35. The highest BCUT2D eigenvalue weighted by atomic mass is 16.5. The summed E-state index contributed by atoms with van der Waals surface area (Å²) >= 11 is 0. The molecule has 4 amide bonds. The van der Waals surface area contributed by atoms with Crippen LogP contribution >= 0.6 is 0 Å². The molecule has 2 aliphatic heterocycles. The predicted octanol–water partition coefficient (Wildman–Crippen LogP) is 4.05. The largest absolute Gasteiger partial charge is 0.457 e. The summed E-state index contributed by atoms with van der Waals surface area (Å²) in [5, 5.41) is 0.206. The fourth-order valence-electron chi connectivity index (χ4n) is 6.85. The summed E-state index contributed by atoms with van der Waals surface area (Å²) in [6.07, 6.45) is 0. The van der Waals surface area contributed by atoms with Crippen LogP contribution in [0.5, 0.6) is 23.0 Å². The van der Waals surface area contributed by atoms with Gasteiger partial charge in [-0.25, -0.2) is 9.47 Å². The van der Waals surface area contributed by atoms with Crippen molar-refractivity contribution in [1.82, 2.24) is 14.0 Å². The molecule has 262 valence electrons. The first-order valence-corrected chi connectivity index (χ1v) is 16.4. The van der Waals surface area contributed by atoms with Gasteiger partial charge in [0.25, 0.3) is 45.9 Å². The van der Waals surface area contributed by atoms with Gasteiger partial charge >= 0.3 is 0 Å². The second-order valence-electron chi connectivity index (χ2n) is 12.8. The van der Waals surface area contributed by atoms with Crippen LogP contribution < -0.4 is 36.6 Å². The molecule has 0 radical (unpaired) electrons. The molecule has 2 aromatic heterocycles. The zero-order valence-corrected chi connectivity index (χ0v) is 28.1. The number of ether oxygens (including phenoxy) is 2. The molecule has 54 heavy (non-hydrogen) atoms. The Morgan fingerprint density at radius 3 is 1.31 bits per heavy atom. The molecule has 0 unspecified atom stereocenters. The third kappa shape index (κ3) is 4.60. The monoisotopic (exact) mass is 718 g/mol. The Hall–Kier alpha value is -7.74. The van der Waals surface area contributed by atoms with Gasteiger partial charge in [-0.15, -0.1) is 0 Å². The Labute approximate surface area is 301 Å². The molecule has 9 rings (SSSR count). The first-order valence-electron chi connectivity index (χ1n) is 16.4. The third-order valence-electron chi connectivity index (χ3n) is 9.68. The van der Waals surface area contributed by atoms with Gasteiger partial charge in [-0.2, -0.15) is 0 Å². The molecule has 0 bridgehead atoms. The van der Waals surface area contributed by atoms with Gasteiger partial charge in [-0.1, -0.05) is 0 Å². The Kier molecular flexibility index (Phi) is 6.78. The first-order chi connectivity index (χ1) is 25.9. The minimum Gasteiger partial charge on any atom is -0.457 e. The summed E-state index contributed by atoms with van der Waals surface area (Å²) in [5.41, 5.74) is -1.01. The lowest BCUT2D eigenvalue weighted by atomic mass is 10.1. The number of rotatable bonds is 6. The van der Waals surface area contributed by atoms with E-state index in [1.165, 1.54) is 68.7 Å². The minimum absolute atomic E-state index is 0.0315. The topological polar surface area (TPSA) is 171 Å². The average molecular weight is 719 g/mol. The summed E-state index contributed by atoms with van der Waals surface area (Å²) in [4.78, 5) is 105. The van der Waals surface area contributed by atoms with Crippen LogP contribution in [0.3, 0.4) is 0 Å². The maximum Gasteiger partial charge on any atom is 0.266 e. The van der Waals surface area contributed by atoms with Gasteiger partial charge in [0.15, 0.2) is 0 Å². The molecule has 14 heteroatoms. The molecule has 0 aliphatic carbocycles. The molecule has 0 saturated carbocycles. The Morgan fingerprint density at radius 2 is 0.778 bits per heavy atom. The number of carbonyl (C=O) groups excluding carboxylic acids is 4. The zero-order chi connectivity index (χ0) is 37.7. The van der Waals surface area contributed by atoms with Crippen LogP contribution in [0.25, 0.3) is 27.2 Å². The lowest BCUT2D eigenvalue weighted by Crippen LogP contribution is -2.29. The highest BCUT2D eigenvalue weighted by molar-refractivity contribution is 6.34. The van der Waals surface area contributed by atoms with Gasteiger partial charge in [-0.3, -0.25) is 47.8 Å². The van der Waals surface area contributed by atoms with Crippen molar-refractivity contribution in [3.63, 3.8) is 0 Å². The van der Waals surface area contributed by atoms with E-state index in [4.69, 9.17) is 9.47 Å². The Balaban J connectivity index is 0.914. The van der Waals surface area contributed by atoms with Gasteiger partial charge in [0.1, 0.15) is 23.0 Å². The van der Waals surface area contributed by atoms with E-state index in [0.29, 0.717) is 17.2 Å². The standard InChI is InChI=1S/C40H22N4O10/c1-41-33(45)25-13-11-23(15-27(25)34(41)46)54-24-12-14-26-28(16-24)38(50)43(37(26)49)19-3-7-21(8-4-19)53-22-9-5-20(6-10-22)44-39(51)31-17-29-30(18-32(31)40(44)52)36(48)42(2)35(29)47/h3-18H,1-2H3. The van der Waals surface area contributed by atoms with Crippen molar-refractivity contribution >= 4 is 50.9 Å². The molecule has 14 nitrogen and oxygen atoms in total. The van der Waals surface area contributed by atoms with E-state index in [0.717, 1.165) is 18.9 Å². The van der Waals surface area contributed by atoms with E-state index in [1.807, 2.05) is 0 Å². The van der Waals surface area contributed by atoms with Crippen molar-refractivity contribution in [3.05, 3.63) is 161 Å². The molecule has 0 N–H and O–H groups in total. The number of aromatic nitrogens is 2. The van der Waals surface area contributed by atoms with Crippen LogP contribution in [0.2, 0.25) is 0 Å². The van der Waals surface area contributed by atoms with E-state index in [-0.39, 0.29) is 61.0 Å². The molecule has 0 fully saturated rings. The summed E-state index contributed by atoms with van der Waals surface area (Å²) < 4.78 is 13.7. The number of anilines is 1. The lowest BCUT2D eigenvalue weighted by molar-refractivity contribution is 0.0692. The van der Waals surface area contributed by atoms with Crippen LogP contribution in [0.15, 0.2) is 116 Å². The first kappa shape index (κ1) is 32.2. The molecule has 0 spiro atoms. The van der Waals surface area contributed by atoms with E-state index >= 15 is 0 Å². The number of hydrogen-bond acceptors (Lipinski definition) is 10. The summed E-state index contributed by atoms with van der Waals surface area (Å²) in [7, 11) is 2.73. The molecule has 2 aliphatic rings. The smallest absolute Gasteiger partial charge is 0.266 e. The number of fused-ring (bicyclic) bond motifs is 4. The SMILES string of the molecule is CN1C(=O)c2ccc(Oc3ccc4c(c3)C(=O)N(c3ccc(Oc5ccc(-n6c(=O)c7cc8c(=O)n(C)c(=O)c8cc7c6=O)cc5)cc3)C4=O)cc2C1=O. The fourth-order valence-corrected chi connectivity index (χ4v) is 6.85. The Bertz CT molecular complexity index is 3000. The van der Waals surface area contributed by atoms with Gasteiger partial charge in [-0.05, 0) is 97.1 Å². The van der Waals surface area contributed by atoms with Crippen molar-refractivity contribution in [3.8, 4) is 28.7 Å². The van der Waals surface area contributed by atoms with Gasteiger partial charge in [0.2, 0.25) is 0 Å². The maximum absolute atomic E-state index is 13.5. The Morgan fingerprint density at radius 1 is 0.389 bits per heavy atom. The number of amides is 4.